The number of hydrogen-bond donors (Lipinski definition) is 15. The van der Waals surface area contributed by atoms with Crippen LogP contribution in [0.5, 0.6) is 0 Å². The molecule has 5 amide bonds. The molecule has 0 spiro atoms. The maximum atomic E-state index is 12.9. The van der Waals surface area contributed by atoms with E-state index >= 15 is 0 Å². The van der Waals surface area contributed by atoms with E-state index < -0.39 is 118 Å². The second-order valence-corrected chi connectivity index (χ2v) is 18.9. The van der Waals surface area contributed by atoms with Crippen LogP contribution in [-0.4, -0.2) is 231 Å². The number of thioether (sulfide) groups is 1. The number of urea groups is 1. The largest absolute Gasteiger partial charge is 0.394 e. The molecule has 0 bridgehead atoms. The van der Waals surface area contributed by atoms with Gasteiger partial charge in [0.1, 0.15) is 73.2 Å². The fraction of sp³-hybridized carbons (Fsp3) is 0.767. The first-order chi connectivity index (χ1) is 33.1. The maximum absolute atomic E-state index is 12.9. The number of fused-ring (bicyclic) bond motifs is 1. The highest BCUT2D eigenvalue weighted by molar-refractivity contribution is 8.00. The van der Waals surface area contributed by atoms with Gasteiger partial charge in [0.25, 0.3) is 5.91 Å². The van der Waals surface area contributed by atoms with Gasteiger partial charge in [-0.05, 0) is 43.5 Å². The Balaban J connectivity index is 0.909. The van der Waals surface area contributed by atoms with Crippen molar-refractivity contribution in [3.8, 4) is 0 Å². The summed E-state index contributed by atoms with van der Waals surface area (Å²) < 4.78 is 34.3. The minimum absolute atomic E-state index is 0.0554. The van der Waals surface area contributed by atoms with Crippen molar-refractivity contribution in [1.29, 1.82) is 0 Å². The van der Waals surface area contributed by atoms with Crippen molar-refractivity contribution in [2.75, 3.05) is 51.8 Å². The van der Waals surface area contributed by atoms with Gasteiger partial charge in [-0.1, -0.05) is 18.6 Å². The van der Waals surface area contributed by atoms with Gasteiger partial charge < -0.3 is 106 Å². The van der Waals surface area contributed by atoms with Crippen molar-refractivity contribution in [2.45, 2.75) is 155 Å². The number of unbranched alkanes of at least 4 members (excludes halogenated alkanes) is 1. The monoisotopic (exact) mass is 1000 g/mol. The third-order valence-electron chi connectivity index (χ3n) is 12.6. The summed E-state index contributed by atoms with van der Waals surface area (Å²) in [6, 6.07) is 5.96. The number of aliphatic hydroxyl groups is 9. The highest BCUT2D eigenvalue weighted by Gasteiger charge is 2.54. The zero-order valence-corrected chi connectivity index (χ0v) is 38.9. The lowest BCUT2D eigenvalue weighted by Gasteiger charge is -2.48. The summed E-state index contributed by atoms with van der Waals surface area (Å²) in [4.78, 5) is 49.1. The van der Waals surface area contributed by atoms with Crippen molar-refractivity contribution in [2.24, 2.45) is 0 Å². The Morgan fingerprint density at radius 3 is 2.16 bits per heavy atom. The molecule has 0 unspecified atom stereocenters. The number of aliphatic hydroxyl groups excluding tert-OH is 9. The Morgan fingerprint density at radius 2 is 1.43 bits per heavy atom. The van der Waals surface area contributed by atoms with E-state index in [1.165, 1.54) is 6.92 Å². The third kappa shape index (κ3) is 14.4. The van der Waals surface area contributed by atoms with Crippen LogP contribution in [0.1, 0.15) is 54.9 Å². The van der Waals surface area contributed by atoms with E-state index in [1.54, 1.807) is 18.2 Å². The molecule has 0 saturated carbocycles. The Kier molecular flexibility index (Phi) is 21.0. The molecule has 1 aromatic rings. The summed E-state index contributed by atoms with van der Waals surface area (Å²) in [7, 11) is 0. The summed E-state index contributed by atoms with van der Waals surface area (Å²) in [5.74, 6) is -0.0667. The fourth-order valence-corrected chi connectivity index (χ4v) is 10.4. The van der Waals surface area contributed by atoms with Crippen molar-refractivity contribution >= 4 is 35.5 Å². The van der Waals surface area contributed by atoms with Crippen LogP contribution in [0.4, 0.5) is 4.79 Å². The zero-order valence-electron chi connectivity index (χ0n) is 38.1. The van der Waals surface area contributed by atoms with Gasteiger partial charge in [-0.25, -0.2) is 4.79 Å². The van der Waals surface area contributed by atoms with Crippen molar-refractivity contribution in [3.63, 3.8) is 0 Å². The molecular formula is C43H68N6O19S. The summed E-state index contributed by atoms with van der Waals surface area (Å²) in [5.41, 5.74) is 1.27. The normalized spacial score (nSPS) is 36.5. The van der Waals surface area contributed by atoms with Crippen LogP contribution in [0.3, 0.4) is 0 Å². The molecule has 5 heterocycles. The lowest BCUT2D eigenvalue weighted by atomic mass is 9.95. The number of hydrogen-bond acceptors (Lipinski definition) is 21. The predicted molar refractivity (Wildman–Crippen MR) is 239 cm³/mol. The van der Waals surface area contributed by atoms with Gasteiger partial charge >= 0.3 is 6.03 Å². The van der Waals surface area contributed by atoms with E-state index in [0.29, 0.717) is 36.7 Å². The van der Waals surface area contributed by atoms with E-state index in [0.717, 1.165) is 30.6 Å². The smallest absolute Gasteiger partial charge is 0.315 e. The summed E-state index contributed by atoms with van der Waals surface area (Å²) in [6.07, 6.45) is -20.0. The molecular weight excluding hydrogens is 937 g/mol. The molecule has 0 aromatic heterocycles. The van der Waals surface area contributed by atoms with Crippen LogP contribution in [0.15, 0.2) is 24.3 Å². The number of rotatable bonds is 24. The van der Waals surface area contributed by atoms with Crippen LogP contribution in [-0.2, 0) is 44.6 Å². The van der Waals surface area contributed by atoms with Gasteiger partial charge in [0.2, 0.25) is 11.8 Å². The van der Waals surface area contributed by atoms with Gasteiger partial charge in [-0.15, -0.1) is 0 Å². The number of ether oxygens (including phenoxy) is 6. The third-order valence-corrected chi connectivity index (χ3v) is 14.1. The number of carbonyl (C=O) groups is 4. The molecule has 5 aliphatic rings. The molecule has 0 radical (unpaired) electrons. The van der Waals surface area contributed by atoms with E-state index in [9.17, 15) is 65.1 Å². The molecule has 5 saturated heterocycles. The molecule has 5 fully saturated rings. The number of amides is 5. The van der Waals surface area contributed by atoms with Gasteiger partial charge in [0.05, 0.1) is 38.5 Å². The average molecular weight is 1010 g/mol. The molecule has 1 aromatic carbocycles. The first-order valence-corrected chi connectivity index (χ1v) is 24.3. The SMILES string of the molecule is CC(=O)N[C@H]1[C@H](OCCCNCc2cccc(C(=O)NCCNC(=O)CCCC[C@@H]3SC[C@@H]4NC(=O)N[C@@H]43)c2)O[C@H](CO)[C@@H](O[C@@H]2O[C@H](CO)[C@H](O)[C@H](O[C@H]3O[C@H](CO)[C@H](O)[C@H](O)[C@H]3O)[C@H]2O)[C@@H]1O. The summed E-state index contributed by atoms with van der Waals surface area (Å²) >= 11 is 1.84. The number of benzene rings is 1. The first kappa shape index (κ1) is 54.9. The lowest BCUT2D eigenvalue weighted by molar-refractivity contribution is -0.376. The summed E-state index contributed by atoms with van der Waals surface area (Å²) in [5, 5.41) is 112. The fourth-order valence-electron chi connectivity index (χ4n) is 8.88. The Hall–Kier alpha value is -3.39. The molecule has 18 atom stereocenters. The number of carbonyl (C=O) groups excluding carboxylic acids is 4. The lowest BCUT2D eigenvalue weighted by Crippen LogP contribution is -2.68. The Labute approximate surface area is 402 Å². The Morgan fingerprint density at radius 1 is 0.754 bits per heavy atom. The molecule has 15 N–H and O–H groups in total. The van der Waals surface area contributed by atoms with Crippen LogP contribution >= 0.6 is 11.8 Å². The molecule has 25 nitrogen and oxygen atoms in total. The van der Waals surface area contributed by atoms with Gasteiger partial charge in [0.15, 0.2) is 18.9 Å². The highest BCUT2D eigenvalue weighted by atomic mass is 32.2. The molecule has 26 heteroatoms. The molecule has 390 valence electrons. The average Bonchev–Trinajstić information content (AvgIpc) is 3.90. The highest BCUT2D eigenvalue weighted by Crippen LogP contribution is 2.34. The standard InChI is InChI=1S/C43H68N6O19S/c1-20(53)47-30-33(57)37(67-42-36(60)38(32(56)25(17-51)65-42)68-41-35(59)34(58)31(55)24(16-50)64-41)26(18-52)66-40(30)63-13-5-10-44-15-21-6-4-7-22(14-21)39(61)46-12-11-45-28(54)9-3-2-8-27-29-23(19-69-27)48-43(62)49-29/h4,6-7,14,23-27,29-38,40-42,44,50-52,55-60H,2-3,5,8-13,15-19H2,1H3,(H,45,54)(H,46,61)(H,47,53)(H2,48,49,62)/t23-,24+,25+,26+,27-,29-,30+,31-,32-,33+,34-,35+,36+,37+,38-,40+,41+,42-/m0/s1. The quantitative estimate of drug-likeness (QED) is 0.0339. The van der Waals surface area contributed by atoms with Crippen molar-refractivity contribution in [3.05, 3.63) is 35.4 Å². The van der Waals surface area contributed by atoms with Crippen LogP contribution < -0.4 is 31.9 Å². The van der Waals surface area contributed by atoms with Crippen molar-refractivity contribution in [1.82, 2.24) is 31.9 Å². The van der Waals surface area contributed by atoms with Crippen molar-refractivity contribution < 1.29 is 93.6 Å². The molecule has 6 rings (SSSR count). The van der Waals surface area contributed by atoms with Gasteiger partial charge in [0, 0.05) is 49.5 Å². The van der Waals surface area contributed by atoms with E-state index in [1.807, 2.05) is 17.8 Å². The van der Waals surface area contributed by atoms with E-state index in [4.69, 9.17) is 28.4 Å². The van der Waals surface area contributed by atoms with Crippen LogP contribution in [0.25, 0.3) is 0 Å². The van der Waals surface area contributed by atoms with Gasteiger partial charge in [-0.3, -0.25) is 14.4 Å². The summed E-state index contributed by atoms with van der Waals surface area (Å²) in [6.45, 7) is 0.233. The van der Waals surface area contributed by atoms with Crippen LogP contribution in [0.2, 0.25) is 0 Å². The number of nitrogens with one attached hydrogen (secondary N) is 6. The maximum Gasteiger partial charge on any atom is 0.315 e. The molecule has 69 heavy (non-hydrogen) atoms. The minimum atomic E-state index is -1.95. The second-order valence-electron chi connectivity index (χ2n) is 17.6. The second kappa shape index (κ2) is 26.3. The first-order valence-electron chi connectivity index (χ1n) is 23.2. The topological polar surface area (TPSA) is 378 Å². The van der Waals surface area contributed by atoms with E-state index in [2.05, 4.69) is 31.9 Å². The van der Waals surface area contributed by atoms with E-state index in [-0.39, 0.29) is 49.6 Å². The molecule has 0 aliphatic carbocycles. The van der Waals surface area contributed by atoms with Crippen LogP contribution in [0, 0.1) is 0 Å². The minimum Gasteiger partial charge on any atom is -0.394 e. The molecule has 5 aliphatic heterocycles. The Bertz CT molecular complexity index is 1830. The van der Waals surface area contributed by atoms with Gasteiger partial charge in [-0.2, -0.15) is 11.8 Å². The predicted octanol–water partition coefficient (Wildman–Crippen LogP) is -5.65. The zero-order chi connectivity index (χ0) is 49.8.